The van der Waals surface area contributed by atoms with Gasteiger partial charge in [0.15, 0.2) is 0 Å². The minimum Gasteiger partial charge on any atom is -0.393 e. The van der Waals surface area contributed by atoms with Gasteiger partial charge in [0.1, 0.15) is 0 Å². The molecule has 0 spiro atoms. The summed E-state index contributed by atoms with van der Waals surface area (Å²) in [5.41, 5.74) is 5.30. The molecular formula is C8H19NO. The molecule has 1 atom stereocenters. The quantitative estimate of drug-likeness (QED) is 0.609. The number of hydrogen-bond acceptors (Lipinski definition) is 2. The second-order valence-electron chi connectivity index (χ2n) is 3.21. The van der Waals surface area contributed by atoms with Crippen molar-refractivity contribution in [2.45, 2.75) is 39.2 Å². The van der Waals surface area contributed by atoms with Gasteiger partial charge < -0.3 is 10.8 Å². The minimum atomic E-state index is -0.136. The molecule has 0 aliphatic carbocycles. The van der Waals surface area contributed by atoms with E-state index in [0.29, 0.717) is 12.5 Å². The number of nitrogens with two attached hydrogens (primary N) is 1. The number of aliphatic hydroxyl groups excluding tert-OH is 1. The summed E-state index contributed by atoms with van der Waals surface area (Å²) in [6.07, 6.45) is 2.56. The van der Waals surface area contributed by atoms with E-state index in [1.54, 1.807) is 0 Å². The molecule has 0 saturated carbocycles. The summed E-state index contributed by atoms with van der Waals surface area (Å²) in [5.74, 6) is 0.591. The van der Waals surface area contributed by atoms with Gasteiger partial charge in [-0.3, -0.25) is 0 Å². The molecule has 0 amide bonds. The average molecular weight is 145 g/mol. The maximum Gasteiger partial charge on any atom is 0.0543 e. The van der Waals surface area contributed by atoms with Gasteiger partial charge in [-0.2, -0.15) is 0 Å². The van der Waals surface area contributed by atoms with Crippen LogP contribution in [0, 0.1) is 5.92 Å². The van der Waals surface area contributed by atoms with E-state index in [-0.39, 0.29) is 6.10 Å². The van der Waals surface area contributed by atoms with E-state index in [1.165, 1.54) is 0 Å². The highest BCUT2D eigenvalue weighted by atomic mass is 16.3. The zero-order valence-corrected chi connectivity index (χ0v) is 7.01. The Labute approximate surface area is 63.4 Å². The molecule has 1 unspecified atom stereocenters. The van der Waals surface area contributed by atoms with Crippen molar-refractivity contribution in [3.63, 3.8) is 0 Å². The molecule has 2 heteroatoms. The van der Waals surface area contributed by atoms with Crippen molar-refractivity contribution in [3.05, 3.63) is 0 Å². The highest BCUT2D eigenvalue weighted by molar-refractivity contribution is 4.58. The average Bonchev–Trinajstić information content (AvgIpc) is 1.82. The Bertz CT molecular complexity index is 73.7. The summed E-state index contributed by atoms with van der Waals surface area (Å²) in [5, 5.41) is 9.30. The molecule has 0 aromatic heterocycles. The van der Waals surface area contributed by atoms with Crippen molar-refractivity contribution in [2.75, 3.05) is 6.54 Å². The van der Waals surface area contributed by atoms with Crippen molar-refractivity contribution in [1.29, 1.82) is 0 Å². The molecule has 0 aromatic rings. The van der Waals surface area contributed by atoms with Crippen molar-refractivity contribution < 1.29 is 5.11 Å². The second kappa shape index (κ2) is 5.69. The molecule has 0 aliphatic rings. The smallest absolute Gasteiger partial charge is 0.0543 e. The topological polar surface area (TPSA) is 46.2 Å². The van der Waals surface area contributed by atoms with E-state index in [2.05, 4.69) is 13.8 Å². The van der Waals surface area contributed by atoms with Gasteiger partial charge in [-0.05, 0) is 31.7 Å². The van der Waals surface area contributed by atoms with Crippen molar-refractivity contribution >= 4 is 0 Å². The maximum absolute atomic E-state index is 9.30. The first-order valence-electron chi connectivity index (χ1n) is 4.05. The molecule has 0 bridgehead atoms. The van der Waals surface area contributed by atoms with E-state index in [9.17, 15) is 5.11 Å². The van der Waals surface area contributed by atoms with Crippen LogP contribution in [-0.2, 0) is 0 Å². The molecule has 0 heterocycles. The largest absolute Gasteiger partial charge is 0.393 e. The first-order valence-corrected chi connectivity index (χ1v) is 4.05. The Morgan fingerprint density at radius 3 is 2.40 bits per heavy atom. The van der Waals surface area contributed by atoms with E-state index in [4.69, 9.17) is 5.73 Å². The van der Waals surface area contributed by atoms with Crippen LogP contribution >= 0.6 is 0 Å². The second-order valence-corrected chi connectivity index (χ2v) is 3.21. The van der Waals surface area contributed by atoms with Gasteiger partial charge in [-0.25, -0.2) is 0 Å². The van der Waals surface area contributed by atoms with Crippen LogP contribution < -0.4 is 5.73 Å². The van der Waals surface area contributed by atoms with Gasteiger partial charge in [0, 0.05) is 0 Å². The fraction of sp³-hybridized carbons (Fsp3) is 1.00. The first kappa shape index (κ1) is 9.92. The van der Waals surface area contributed by atoms with Gasteiger partial charge in [0.05, 0.1) is 6.10 Å². The van der Waals surface area contributed by atoms with Crippen LogP contribution in [0.4, 0.5) is 0 Å². The van der Waals surface area contributed by atoms with Gasteiger partial charge in [0.2, 0.25) is 0 Å². The Balaban J connectivity index is 3.16. The van der Waals surface area contributed by atoms with Gasteiger partial charge in [-0.15, -0.1) is 0 Å². The monoisotopic (exact) mass is 145 g/mol. The molecule has 0 aromatic carbocycles. The molecular weight excluding hydrogens is 126 g/mol. The summed E-state index contributed by atoms with van der Waals surface area (Å²) >= 11 is 0. The van der Waals surface area contributed by atoms with Crippen molar-refractivity contribution in [3.8, 4) is 0 Å². The fourth-order valence-corrected chi connectivity index (χ4v) is 1.02. The summed E-state index contributed by atoms with van der Waals surface area (Å²) in [7, 11) is 0. The summed E-state index contributed by atoms with van der Waals surface area (Å²) in [6, 6.07) is 0. The molecule has 0 fully saturated rings. The fourth-order valence-electron chi connectivity index (χ4n) is 1.02. The Morgan fingerprint density at radius 2 is 2.00 bits per heavy atom. The van der Waals surface area contributed by atoms with Crippen LogP contribution in [0.5, 0.6) is 0 Å². The van der Waals surface area contributed by atoms with E-state index >= 15 is 0 Å². The van der Waals surface area contributed by atoms with Gasteiger partial charge in [-0.1, -0.05) is 13.8 Å². The molecule has 3 N–H and O–H groups in total. The Hall–Kier alpha value is -0.0800. The third kappa shape index (κ3) is 6.05. The lowest BCUT2D eigenvalue weighted by molar-refractivity contribution is 0.137. The van der Waals surface area contributed by atoms with Crippen LogP contribution in [0.15, 0.2) is 0 Å². The first-order chi connectivity index (χ1) is 4.66. The molecule has 62 valence electrons. The van der Waals surface area contributed by atoms with Crippen LogP contribution in [0.1, 0.15) is 33.1 Å². The highest BCUT2D eigenvalue weighted by Gasteiger charge is 2.04. The van der Waals surface area contributed by atoms with Gasteiger partial charge in [0.25, 0.3) is 0 Å². The molecule has 0 saturated heterocycles. The lowest BCUT2D eigenvalue weighted by Crippen LogP contribution is -2.12. The predicted molar refractivity (Wildman–Crippen MR) is 43.8 cm³/mol. The molecule has 0 rings (SSSR count). The Kier molecular flexibility index (Phi) is 5.64. The predicted octanol–water partition coefficient (Wildman–Crippen LogP) is 1.13. The van der Waals surface area contributed by atoms with E-state index in [1.807, 2.05) is 0 Å². The summed E-state index contributed by atoms with van der Waals surface area (Å²) < 4.78 is 0. The van der Waals surface area contributed by atoms with E-state index < -0.39 is 0 Å². The van der Waals surface area contributed by atoms with Gasteiger partial charge >= 0.3 is 0 Å². The maximum atomic E-state index is 9.30. The third-order valence-corrected chi connectivity index (χ3v) is 1.48. The minimum absolute atomic E-state index is 0.136. The third-order valence-electron chi connectivity index (χ3n) is 1.48. The van der Waals surface area contributed by atoms with Crippen LogP contribution in [0.3, 0.4) is 0 Å². The number of rotatable bonds is 5. The zero-order valence-electron chi connectivity index (χ0n) is 7.01. The number of aliphatic hydroxyl groups is 1. The summed E-state index contributed by atoms with van der Waals surface area (Å²) in [6.45, 7) is 4.92. The van der Waals surface area contributed by atoms with Crippen LogP contribution in [-0.4, -0.2) is 17.8 Å². The SMILES string of the molecule is CC(C)CC(O)CCCN. The van der Waals surface area contributed by atoms with Crippen molar-refractivity contribution in [1.82, 2.24) is 0 Å². The zero-order chi connectivity index (χ0) is 7.98. The lowest BCUT2D eigenvalue weighted by Gasteiger charge is -2.11. The summed E-state index contributed by atoms with van der Waals surface area (Å²) in [4.78, 5) is 0. The van der Waals surface area contributed by atoms with Crippen LogP contribution in [0.25, 0.3) is 0 Å². The lowest BCUT2D eigenvalue weighted by atomic mass is 10.0. The molecule has 0 aliphatic heterocycles. The molecule has 0 radical (unpaired) electrons. The number of hydrogen-bond donors (Lipinski definition) is 2. The van der Waals surface area contributed by atoms with Crippen molar-refractivity contribution in [2.24, 2.45) is 11.7 Å². The van der Waals surface area contributed by atoms with Crippen LogP contribution in [0.2, 0.25) is 0 Å². The van der Waals surface area contributed by atoms with E-state index in [0.717, 1.165) is 19.3 Å². The standard InChI is InChI=1S/C8H19NO/c1-7(2)6-8(10)4-3-5-9/h7-8,10H,3-6,9H2,1-2H3. The molecule has 10 heavy (non-hydrogen) atoms. The normalized spacial score (nSPS) is 14.1. The highest BCUT2D eigenvalue weighted by Crippen LogP contribution is 2.08. The molecule has 2 nitrogen and oxygen atoms in total. The Morgan fingerprint density at radius 1 is 1.40 bits per heavy atom.